The number of benzene rings is 1. The Balaban J connectivity index is 2.97. The third-order valence-corrected chi connectivity index (χ3v) is 2.18. The summed E-state index contributed by atoms with van der Waals surface area (Å²) in [7, 11) is 1.28. The molecule has 4 nitrogen and oxygen atoms in total. The predicted molar refractivity (Wildman–Crippen MR) is 59.9 cm³/mol. The van der Waals surface area contributed by atoms with Crippen molar-refractivity contribution in [3.63, 3.8) is 0 Å². The number of hydrogen-bond donors (Lipinski definition) is 1. The van der Waals surface area contributed by atoms with E-state index in [1.807, 2.05) is 6.07 Å². The van der Waals surface area contributed by atoms with Gasteiger partial charge in [-0.25, -0.2) is 0 Å². The number of methoxy groups -OCH3 is 1. The Morgan fingerprint density at radius 3 is 2.44 bits per heavy atom. The number of esters is 1. The first-order valence-corrected chi connectivity index (χ1v) is 5.11. The third kappa shape index (κ3) is 2.82. The van der Waals surface area contributed by atoms with Crippen LogP contribution in [0.1, 0.15) is 18.4 Å². The molecule has 0 aromatic heterocycles. The minimum absolute atomic E-state index is 0.333. The number of hydrogen-bond acceptors (Lipinski definition) is 3. The summed E-state index contributed by atoms with van der Waals surface area (Å²) >= 11 is 0. The summed E-state index contributed by atoms with van der Waals surface area (Å²) in [6, 6.07) is 8.86. The SMILES string of the molecule is CCNC(=O)[C@H](C(=O)OC)c1ccccc1. The minimum Gasteiger partial charge on any atom is -0.468 e. The zero-order chi connectivity index (χ0) is 12.0. The summed E-state index contributed by atoms with van der Waals surface area (Å²) in [6.07, 6.45) is 0. The Morgan fingerprint density at radius 2 is 1.94 bits per heavy atom. The number of amides is 1. The van der Waals surface area contributed by atoms with Gasteiger partial charge in [-0.3, -0.25) is 9.59 Å². The van der Waals surface area contributed by atoms with Crippen molar-refractivity contribution < 1.29 is 14.3 Å². The summed E-state index contributed by atoms with van der Waals surface area (Å²) in [4.78, 5) is 23.3. The van der Waals surface area contributed by atoms with E-state index in [4.69, 9.17) is 0 Å². The van der Waals surface area contributed by atoms with Crippen molar-refractivity contribution in [2.45, 2.75) is 12.8 Å². The first-order chi connectivity index (χ1) is 7.70. The van der Waals surface area contributed by atoms with Gasteiger partial charge in [0.1, 0.15) is 0 Å². The number of carbonyl (C=O) groups excluding carboxylic acids is 2. The molecule has 0 bridgehead atoms. The lowest BCUT2D eigenvalue weighted by atomic mass is 9.98. The molecule has 0 aliphatic rings. The molecule has 0 heterocycles. The Kier molecular flexibility index (Phi) is 4.51. The summed E-state index contributed by atoms with van der Waals surface area (Å²) in [5.41, 5.74) is 0.639. The number of ether oxygens (including phenoxy) is 1. The van der Waals surface area contributed by atoms with E-state index in [0.29, 0.717) is 12.1 Å². The first kappa shape index (κ1) is 12.2. The van der Waals surface area contributed by atoms with Crippen LogP contribution >= 0.6 is 0 Å². The lowest BCUT2D eigenvalue weighted by molar-refractivity contribution is -0.146. The molecular weight excluding hydrogens is 206 g/mol. The average molecular weight is 221 g/mol. The largest absolute Gasteiger partial charge is 0.468 e. The Labute approximate surface area is 94.6 Å². The van der Waals surface area contributed by atoms with Gasteiger partial charge in [-0.05, 0) is 12.5 Å². The van der Waals surface area contributed by atoms with E-state index in [9.17, 15) is 9.59 Å². The van der Waals surface area contributed by atoms with E-state index in [1.165, 1.54) is 7.11 Å². The van der Waals surface area contributed by atoms with Crippen LogP contribution in [0.5, 0.6) is 0 Å². The molecule has 4 heteroatoms. The van der Waals surface area contributed by atoms with Crippen molar-refractivity contribution in [2.75, 3.05) is 13.7 Å². The van der Waals surface area contributed by atoms with Crippen LogP contribution in [-0.2, 0) is 14.3 Å². The number of likely N-dealkylation sites (N-methyl/N-ethyl adjacent to an activating group) is 1. The monoisotopic (exact) mass is 221 g/mol. The van der Waals surface area contributed by atoms with E-state index < -0.39 is 11.9 Å². The second-order valence-corrected chi connectivity index (χ2v) is 3.26. The molecule has 0 unspecified atom stereocenters. The van der Waals surface area contributed by atoms with Crippen LogP contribution in [0.3, 0.4) is 0 Å². The number of rotatable bonds is 4. The first-order valence-electron chi connectivity index (χ1n) is 5.11. The van der Waals surface area contributed by atoms with Gasteiger partial charge in [-0.15, -0.1) is 0 Å². The molecule has 16 heavy (non-hydrogen) atoms. The van der Waals surface area contributed by atoms with Gasteiger partial charge in [0.05, 0.1) is 7.11 Å². The highest BCUT2D eigenvalue weighted by molar-refractivity contribution is 6.03. The van der Waals surface area contributed by atoms with Crippen molar-refractivity contribution in [3.05, 3.63) is 35.9 Å². The normalized spacial score (nSPS) is 11.6. The molecule has 1 aromatic rings. The summed E-state index contributed by atoms with van der Waals surface area (Å²) < 4.78 is 4.63. The van der Waals surface area contributed by atoms with Crippen LogP contribution < -0.4 is 5.32 Å². The summed E-state index contributed by atoms with van der Waals surface area (Å²) in [5.74, 6) is -1.76. The fraction of sp³-hybridized carbons (Fsp3) is 0.333. The molecule has 86 valence electrons. The smallest absolute Gasteiger partial charge is 0.322 e. The molecule has 0 fully saturated rings. The maximum atomic E-state index is 11.7. The van der Waals surface area contributed by atoms with Crippen LogP contribution in [0, 0.1) is 0 Å². The van der Waals surface area contributed by atoms with Gasteiger partial charge in [-0.1, -0.05) is 30.3 Å². The highest BCUT2D eigenvalue weighted by Gasteiger charge is 2.28. The van der Waals surface area contributed by atoms with Crippen molar-refractivity contribution in [1.82, 2.24) is 5.32 Å². The van der Waals surface area contributed by atoms with Gasteiger partial charge < -0.3 is 10.1 Å². The zero-order valence-electron chi connectivity index (χ0n) is 9.40. The molecule has 1 N–H and O–H groups in total. The fourth-order valence-electron chi connectivity index (χ4n) is 1.43. The predicted octanol–water partition coefficient (Wildman–Crippen LogP) is 1.08. The third-order valence-electron chi connectivity index (χ3n) is 2.18. The second-order valence-electron chi connectivity index (χ2n) is 3.26. The topological polar surface area (TPSA) is 55.4 Å². The number of carbonyl (C=O) groups is 2. The maximum absolute atomic E-state index is 11.7. The quantitative estimate of drug-likeness (QED) is 0.611. The molecule has 0 radical (unpaired) electrons. The van der Waals surface area contributed by atoms with Crippen molar-refractivity contribution in [1.29, 1.82) is 0 Å². The van der Waals surface area contributed by atoms with Gasteiger partial charge in [0.2, 0.25) is 5.91 Å². The average Bonchev–Trinajstić information content (AvgIpc) is 2.31. The van der Waals surface area contributed by atoms with Crippen LogP contribution in [0.4, 0.5) is 0 Å². The highest BCUT2D eigenvalue weighted by atomic mass is 16.5. The zero-order valence-corrected chi connectivity index (χ0v) is 9.40. The van der Waals surface area contributed by atoms with Crippen LogP contribution in [-0.4, -0.2) is 25.5 Å². The molecule has 1 aromatic carbocycles. The summed E-state index contributed by atoms with van der Waals surface area (Å²) in [6.45, 7) is 2.29. The lowest BCUT2D eigenvalue weighted by Crippen LogP contribution is -2.34. The van der Waals surface area contributed by atoms with Gasteiger partial charge in [-0.2, -0.15) is 0 Å². The molecule has 0 saturated carbocycles. The minimum atomic E-state index is -0.883. The van der Waals surface area contributed by atoms with Crippen molar-refractivity contribution in [3.8, 4) is 0 Å². The van der Waals surface area contributed by atoms with Crippen LogP contribution in [0.2, 0.25) is 0 Å². The van der Waals surface area contributed by atoms with E-state index in [2.05, 4.69) is 10.1 Å². The second kappa shape index (κ2) is 5.90. The van der Waals surface area contributed by atoms with Gasteiger partial charge in [0.25, 0.3) is 0 Å². The molecule has 0 aliphatic carbocycles. The van der Waals surface area contributed by atoms with Gasteiger partial charge in [0, 0.05) is 6.54 Å². The highest BCUT2D eigenvalue weighted by Crippen LogP contribution is 2.17. The van der Waals surface area contributed by atoms with E-state index in [0.717, 1.165) is 0 Å². The van der Waals surface area contributed by atoms with Crippen LogP contribution in [0.15, 0.2) is 30.3 Å². The molecular formula is C12H15NO3. The lowest BCUT2D eigenvalue weighted by Gasteiger charge is -2.14. The molecule has 1 atom stereocenters. The van der Waals surface area contributed by atoms with Crippen molar-refractivity contribution >= 4 is 11.9 Å². The molecule has 0 spiro atoms. The fourth-order valence-corrected chi connectivity index (χ4v) is 1.43. The standard InChI is InChI=1S/C12H15NO3/c1-3-13-11(14)10(12(15)16-2)9-7-5-4-6-8-9/h4-8,10H,3H2,1-2H3,(H,13,14)/t10-/m1/s1. The van der Waals surface area contributed by atoms with E-state index in [-0.39, 0.29) is 5.91 Å². The Hall–Kier alpha value is -1.84. The Morgan fingerprint density at radius 1 is 1.31 bits per heavy atom. The Bertz CT molecular complexity index is 362. The van der Waals surface area contributed by atoms with Crippen molar-refractivity contribution in [2.24, 2.45) is 0 Å². The molecule has 1 rings (SSSR count). The molecule has 1 amide bonds. The van der Waals surface area contributed by atoms with Crippen LogP contribution in [0.25, 0.3) is 0 Å². The molecule has 0 saturated heterocycles. The number of nitrogens with one attached hydrogen (secondary N) is 1. The summed E-state index contributed by atoms with van der Waals surface area (Å²) in [5, 5.41) is 2.62. The van der Waals surface area contributed by atoms with Gasteiger partial charge >= 0.3 is 5.97 Å². The van der Waals surface area contributed by atoms with Gasteiger partial charge in [0.15, 0.2) is 5.92 Å². The molecule has 0 aliphatic heterocycles. The van der Waals surface area contributed by atoms with E-state index in [1.54, 1.807) is 31.2 Å². The van der Waals surface area contributed by atoms with E-state index >= 15 is 0 Å². The maximum Gasteiger partial charge on any atom is 0.322 e.